The van der Waals surface area contributed by atoms with Gasteiger partial charge in [0.2, 0.25) is 5.88 Å². The van der Waals surface area contributed by atoms with Crippen molar-refractivity contribution in [1.82, 2.24) is 20.3 Å². The lowest BCUT2D eigenvalue weighted by Crippen LogP contribution is -2.47. The monoisotopic (exact) mass is 458 g/mol. The molecule has 1 aliphatic rings. The van der Waals surface area contributed by atoms with Gasteiger partial charge in [0, 0.05) is 44.8 Å². The summed E-state index contributed by atoms with van der Waals surface area (Å²) in [5, 5.41) is 4.13. The van der Waals surface area contributed by atoms with Gasteiger partial charge in [-0.3, -0.25) is 4.79 Å². The fraction of sp³-hybridized carbons (Fsp3) is 0.348. The molecular formula is C23H24Cl2N4O2. The maximum atomic E-state index is 13.1. The number of nitrogens with one attached hydrogen (secondary N) is 2. The molecule has 0 saturated heterocycles. The number of ether oxygens (including phenoxy) is 1. The second-order valence-electron chi connectivity index (χ2n) is 7.94. The van der Waals surface area contributed by atoms with E-state index in [4.69, 9.17) is 27.9 Å². The van der Waals surface area contributed by atoms with Crippen LogP contribution in [0.4, 0.5) is 0 Å². The van der Waals surface area contributed by atoms with Gasteiger partial charge in [0.15, 0.2) is 5.82 Å². The smallest absolute Gasteiger partial charge is 0.252 e. The Balaban J connectivity index is 1.66. The highest BCUT2D eigenvalue weighted by molar-refractivity contribution is 6.35. The summed E-state index contributed by atoms with van der Waals surface area (Å²) >= 11 is 12.2. The molecule has 1 fully saturated rings. The van der Waals surface area contributed by atoms with Crippen molar-refractivity contribution in [2.24, 2.45) is 0 Å². The van der Waals surface area contributed by atoms with E-state index in [9.17, 15) is 4.79 Å². The van der Waals surface area contributed by atoms with Crippen LogP contribution in [0.1, 0.15) is 53.7 Å². The van der Waals surface area contributed by atoms with Crippen molar-refractivity contribution >= 4 is 29.1 Å². The molecule has 0 unspecified atom stereocenters. The van der Waals surface area contributed by atoms with Gasteiger partial charge in [0.25, 0.3) is 5.91 Å². The molecule has 1 saturated carbocycles. The van der Waals surface area contributed by atoms with Crippen LogP contribution in [-0.2, 0) is 5.54 Å². The predicted molar refractivity (Wildman–Crippen MR) is 122 cm³/mol. The van der Waals surface area contributed by atoms with Crippen molar-refractivity contribution in [3.8, 4) is 17.3 Å². The van der Waals surface area contributed by atoms with Gasteiger partial charge in [-0.25, -0.2) is 4.98 Å². The number of halogens is 2. The SMILES string of the molecule is COc1nc(-c2c[nH]c(C3(NC(=O)c4cc(Cl)cc(Cl)c4)CCCCC3)c2)ncc1C. The fourth-order valence-corrected chi connectivity index (χ4v) is 4.69. The van der Waals surface area contributed by atoms with Crippen LogP contribution >= 0.6 is 23.2 Å². The quantitative estimate of drug-likeness (QED) is 0.514. The number of aromatic nitrogens is 3. The average molecular weight is 459 g/mol. The molecule has 1 aromatic carbocycles. The highest BCUT2D eigenvalue weighted by Gasteiger charge is 2.37. The maximum absolute atomic E-state index is 13.1. The van der Waals surface area contributed by atoms with Gasteiger partial charge in [-0.15, -0.1) is 0 Å². The van der Waals surface area contributed by atoms with Crippen molar-refractivity contribution in [1.29, 1.82) is 0 Å². The molecule has 0 spiro atoms. The van der Waals surface area contributed by atoms with Gasteiger partial charge in [-0.2, -0.15) is 4.98 Å². The van der Waals surface area contributed by atoms with Gasteiger partial charge in [-0.1, -0.05) is 42.5 Å². The number of H-pyrrole nitrogens is 1. The number of carbonyl (C=O) groups is 1. The summed E-state index contributed by atoms with van der Waals surface area (Å²) in [6.45, 7) is 1.90. The van der Waals surface area contributed by atoms with E-state index >= 15 is 0 Å². The minimum atomic E-state index is -0.503. The molecular weight excluding hydrogens is 435 g/mol. The second-order valence-corrected chi connectivity index (χ2v) is 8.82. The Morgan fingerprint density at radius 2 is 1.84 bits per heavy atom. The van der Waals surface area contributed by atoms with Crippen LogP contribution in [0.25, 0.3) is 11.4 Å². The van der Waals surface area contributed by atoms with Crippen molar-refractivity contribution in [2.75, 3.05) is 7.11 Å². The lowest BCUT2D eigenvalue weighted by atomic mass is 9.79. The topological polar surface area (TPSA) is 79.9 Å². The van der Waals surface area contributed by atoms with Crippen molar-refractivity contribution in [3.63, 3.8) is 0 Å². The third-order valence-corrected chi connectivity index (χ3v) is 6.20. The maximum Gasteiger partial charge on any atom is 0.252 e. The number of hydrogen-bond acceptors (Lipinski definition) is 4. The van der Waals surface area contributed by atoms with Crippen LogP contribution in [-0.4, -0.2) is 28.0 Å². The Bertz CT molecular complexity index is 1090. The van der Waals surface area contributed by atoms with Crippen LogP contribution in [0.3, 0.4) is 0 Å². The third kappa shape index (κ3) is 4.55. The first-order valence-corrected chi connectivity index (χ1v) is 11.0. The number of aromatic amines is 1. The number of benzene rings is 1. The number of carbonyl (C=O) groups excluding carboxylic acids is 1. The van der Waals surface area contributed by atoms with Crippen molar-refractivity contribution in [3.05, 3.63) is 63.5 Å². The normalized spacial score (nSPS) is 15.5. The van der Waals surface area contributed by atoms with Crippen molar-refractivity contribution in [2.45, 2.75) is 44.6 Å². The lowest BCUT2D eigenvalue weighted by Gasteiger charge is -2.37. The van der Waals surface area contributed by atoms with Gasteiger partial charge in [0.05, 0.1) is 12.6 Å². The van der Waals surface area contributed by atoms with E-state index in [1.165, 1.54) is 0 Å². The Labute approximate surface area is 191 Å². The standard InChI is InChI=1S/C23H24Cl2N4O2/c1-14-12-27-20(28-22(14)31-2)16-10-19(26-13-16)23(6-4-3-5-7-23)29-21(30)15-8-17(24)11-18(25)9-15/h8-13,26H,3-7H2,1-2H3,(H,29,30). The number of methoxy groups -OCH3 is 1. The molecule has 162 valence electrons. The molecule has 3 aromatic rings. The van der Waals surface area contributed by atoms with E-state index in [2.05, 4.69) is 20.3 Å². The molecule has 4 rings (SSSR count). The number of hydrogen-bond donors (Lipinski definition) is 2. The zero-order chi connectivity index (χ0) is 22.0. The molecule has 6 nitrogen and oxygen atoms in total. The Hall–Kier alpha value is -2.57. The van der Waals surface area contributed by atoms with E-state index in [0.717, 1.165) is 48.9 Å². The molecule has 8 heteroatoms. The zero-order valence-corrected chi connectivity index (χ0v) is 19.0. The Morgan fingerprint density at radius 3 is 2.52 bits per heavy atom. The first-order chi connectivity index (χ1) is 14.9. The highest BCUT2D eigenvalue weighted by atomic mass is 35.5. The van der Waals surface area contributed by atoms with Crippen LogP contribution in [0.15, 0.2) is 36.7 Å². The first-order valence-electron chi connectivity index (χ1n) is 10.3. The van der Waals surface area contributed by atoms with E-state index in [-0.39, 0.29) is 5.91 Å². The molecule has 1 aliphatic carbocycles. The summed E-state index contributed by atoms with van der Waals surface area (Å²) in [5.74, 6) is 0.922. The van der Waals surface area contributed by atoms with E-state index in [1.807, 2.05) is 19.2 Å². The molecule has 0 radical (unpaired) electrons. The van der Waals surface area contributed by atoms with Gasteiger partial charge < -0.3 is 15.0 Å². The van der Waals surface area contributed by atoms with E-state index < -0.39 is 5.54 Å². The minimum absolute atomic E-state index is 0.198. The Morgan fingerprint density at radius 1 is 1.13 bits per heavy atom. The lowest BCUT2D eigenvalue weighted by molar-refractivity contribution is 0.0863. The Kier molecular flexibility index (Phi) is 6.21. The van der Waals surface area contributed by atoms with Crippen molar-refractivity contribution < 1.29 is 9.53 Å². The summed E-state index contributed by atoms with van der Waals surface area (Å²) in [6.07, 6.45) is 8.50. The molecule has 31 heavy (non-hydrogen) atoms. The number of rotatable bonds is 5. The highest BCUT2D eigenvalue weighted by Crippen LogP contribution is 2.38. The summed E-state index contributed by atoms with van der Waals surface area (Å²) in [5.41, 5.74) is 2.60. The second kappa shape index (κ2) is 8.89. The molecule has 0 bridgehead atoms. The van der Waals surface area contributed by atoms with Crippen LogP contribution in [0, 0.1) is 6.92 Å². The fourth-order valence-electron chi connectivity index (χ4n) is 4.16. The number of aryl methyl sites for hydroxylation is 1. The molecule has 2 N–H and O–H groups in total. The summed E-state index contributed by atoms with van der Waals surface area (Å²) in [6, 6.07) is 6.89. The first kappa shape index (κ1) is 21.7. The minimum Gasteiger partial charge on any atom is -0.481 e. The van der Waals surface area contributed by atoms with Gasteiger partial charge >= 0.3 is 0 Å². The van der Waals surface area contributed by atoms with E-state index in [0.29, 0.717) is 27.3 Å². The third-order valence-electron chi connectivity index (χ3n) is 5.76. The molecule has 2 heterocycles. The predicted octanol–water partition coefficient (Wildman–Crippen LogP) is 5.68. The number of nitrogens with zero attached hydrogens (tertiary/aromatic N) is 2. The van der Waals surface area contributed by atoms with Crippen LogP contribution in [0.5, 0.6) is 5.88 Å². The van der Waals surface area contributed by atoms with Gasteiger partial charge in [0.1, 0.15) is 0 Å². The summed E-state index contributed by atoms with van der Waals surface area (Å²) < 4.78 is 5.33. The van der Waals surface area contributed by atoms with Crippen LogP contribution in [0.2, 0.25) is 10.0 Å². The molecule has 0 aliphatic heterocycles. The van der Waals surface area contributed by atoms with Crippen LogP contribution < -0.4 is 10.1 Å². The van der Waals surface area contributed by atoms with E-state index in [1.54, 1.807) is 31.5 Å². The zero-order valence-electron chi connectivity index (χ0n) is 17.5. The molecule has 0 atom stereocenters. The molecule has 2 aromatic heterocycles. The van der Waals surface area contributed by atoms with Gasteiger partial charge in [-0.05, 0) is 44.0 Å². The largest absolute Gasteiger partial charge is 0.481 e. The summed E-state index contributed by atoms with van der Waals surface area (Å²) in [4.78, 5) is 25.4. The number of amides is 1. The average Bonchev–Trinajstić information content (AvgIpc) is 3.25. The summed E-state index contributed by atoms with van der Waals surface area (Å²) in [7, 11) is 1.59. The molecule has 1 amide bonds.